The fraction of sp³-hybridized carbons (Fsp3) is 0.889. The largest absolute Gasteiger partial charge is 0.198 e. The monoisotopic (exact) mass is 139 g/mol. The summed E-state index contributed by atoms with van der Waals surface area (Å²) in [5.41, 5.74) is 0.128. The standard InChI is InChI=1S/C9H17N/c1-7(2)8(6-10)9(3,4)5/h7-8H,1-5H3. The summed E-state index contributed by atoms with van der Waals surface area (Å²) in [4.78, 5) is 0. The predicted octanol–water partition coefficient (Wildman–Crippen LogP) is 2.83. The summed E-state index contributed by atoms with van der Waals surface area (Å²) in [5.74, 6) is 0.637. The van der Waals surface area contributed by atoms with Gasteiger partial charge in [-0.25, -0.2) is 0 Å². The van der Waals surface area contributed by atoms with Crippen molar-refractivity contribution in [1.82, 2.24) is 0 Å². The molecule has 1 atom stereocenters. The summed E-state index contributed by atoms with van der Waals surface area (Å²) < 4.78 is 0. The van der Waals surface area contributed by atoms with E-state index in [0.29, 0.717) is 5.92 Å². The fourth-order valence-electron chi connectivity index (χ4n) is 1.34. The molecule has 0 fully saturated rings. The third kappa shape index (κ3) is 2.39. The van der Waals surface area contributed by atoms with Gasteiger partial charge in [-0.15, -0.1) is 0 Å². The van der Waals surface area contributed by atoms with E-state index in [1.54, 1.807) is 0 Å². The lowest BCUT2D eigenvalue weighted by molar-refractivity contribution is 0.238. The minimum Gasteiger partial charge on any atom is -0.198 e. The summed E-state index contributed by atoms with van der Waals surface area (Å²) in [6.45, 7) is 10.5. The summed E-state index contributed by atoms with van der Waals surface area (Å²) in [6, 6.07) is 2.34. The molecular formula is C9H17N. The minimum absolute atomic E-state index is 0.128. The van der Waals surface area contributed by atoms with Crippen LogP contribution in [0.5, 0.6) is 0 Å². The van der Waals surface area contributed by atoms with Crippen molar-refractivity contribution >= 4 is 0 Å². The van der Waals surface area contributed by atoms with Crippen molar-refractivity contribution < 1.29 is 0 Å². The van der Waals surface area contributed by atoms with Gasteiger partial charge in [0, 0.05) is 0 Å². The molecule has 0 spiro atoms. The van der Waals surface area contributed by atoms with Crippen molar-refractivity contribution in [3.63, 3.8) is 0 Å². The van der Waals surface area contributed by atoms with E-state index in [1.165, 1.54) is 0 Å². The summed E-state index contributed by atoms with van der Waals surface area (Å²) in [7, 11) is 0. The molecule has 0 aromatic carbocycles. The highest BCUT2D eigenvalue weighted by atomic mass is 14.4. The highest BCUT2D eigenvalue weighted by Gasteiger charge is 2.26. The van der Waals surface area contributed by atoms with E-state index in [-0.39, 0.29) is 11.3 Å². The predicted molar refractivity (Wildman–Crippen MR) is 43.4 cm³/mol. The van der Waals surface area contributed by atoms with Crippen LogP contribution in [0.25, 0.3) is 0 Å². The van der Waals surface area contributed by atoms with Crippen LogP contribution < -0.4 is 0 Å². The zero-order valence-corrected chi connectivity index (χ0v) is 7.60. The molecule has 0 aromatic rings. The van der Waals surface area contributed by atoms with Crippen molar-refractivity contribution in [2.75, 3.05) is 0 Å². The molecule has 0 heterocycles. The van der Waals surface area contributed by atoms with Crippen LogP contribution in [0.1, 0.15) is 34.6 Å². The van der Waals surface area contributed by atoms with Crippen LogP contribution in [0.15, 0.2) is 0 Å². The van der Waals surface area contributed by atoms with Crippen molar-refractivity contribution in [1.29, 1.82) is 5.26 Å². The molecule has 0 aromatic heterocycles. The minimum atomic E-state index is 0.128. The van der Waals surface area contributed by atoms with Crippen LogP contribution in [0, 0.1) is 28.6 Å². The zero-order valence-electron chi connectivity index (χ0n) is 7.60. The first kappa shape index (κ1) is 9.49. The summed E-state index contributed by atoms with van der Waals surface area (Å²) in [5, 5.41) is 8.78. The first-order valence-corrected chi connectivity index (χ1v) is 3.79. The van der Waals surface area contributed by atoms with Gasteiger partial charge in [-0.2, -0.15) is 5.26 Å². The number of nitriles is 1. The van der Waals surface area contributed by atoms with E-state index in [2.05, 4.69) is 40.7 Å². The molecule has 58 valence electrons. The van der Waals surface area contributed by atoms with E-state index in [0.717, 1.165) is 0 Å². The Morgan fingerprint density at radius 1 is 1.20 bits per heavy atom. The quantitative estimate of drug-likeness (QED) is 0.548. The topological polar surface area (TPSA) is 23.8 Å². The molecule has 0 saturated heterocycles. The third-order valence-corrected chi connectivity index (χ3v) is 1.74. The molecule has 1 heteroatoms. The molecule has 0 aliphatic carbocycles. The Kier molecular flexibility index (Phi) is 2.90. The van der Waals surface area contributed by atoms with Gasteiger partial charge < -0.3 is 0 Å². The van der Waals surface area contributed by atoms with Gasteiger partial charge >= 0.3 is 0 Å². The second-order valence-corrected chi connectivity index (χ2v) is 4.22. The Labute approximate surface area is 64.1 Å². The van der Waals surface area contributed by atoms with Gasteiger partial charge in [-0.3, -0.25) is 0 Å². The van der Waals surface area contributed by atoms with Crippen LogP contribution in [-0.4, -0.2) is 0 Å². The van der Waals surface area contributed by atoms with Gasteiger partial charge in [0.1, 0.15) is 0 Å². The maximum Gasteiger partial charge on any atom is 0.0664 e. The molecule has 0 amide bonds. The average Bonchev–Trinajstić information content (AvgIpc) is 1.60. The maximum atomic E-state index is 8.78. The molecule has 0 radical (unpaired) electrons. The van der Waals surface area contributed by atoms with Crippen LogP contribution in [0.2, 0.25) is 0 Å². The zero-order chi connectivity index (χ0) is 8.36. The Bertz CT molecular complexity index is 134. The molecule has 0 bridgehead atoms. The highest BCUT2D eigenvalue weighted by molar-refractivity contribution is 4.92. The lowest BCUT2D eigenvalue weighted by atomic mass is 9.75. The number of nitrogens with zero attached hydrogens (tertiary/aromatic N) is 1. The van der Waals surface area contributed by atoms with Crippen molar-refractivity contribution in [3.8, 4) is 6.07 Å². The lowest BCUT2D eigenvalue weighted by Gasteiger charge is -2.27. The van der Waals surface area contributed by atoms with Gasteiger partial charge in [-0.05, 0) is 11.3 Å². The molecule has 0 rings (SSSR count). The molecule has 1 nitrogen and oxygen atoms in total. The van der Waals surface area contributed by atoms with Gasteiger partial charge in [0.05, 0.1) is 12.0 Å². The normalized spacial score (nSPS) is 14.9. The van der Waals surface area contributed by atoms with Gasteiger partial charge in [0.25, 0.3) is 0 Å². The fourth-order valence-corrected chi connectivity index (χ4v) is 1.34. The Balaban J connectivity index is 4.26. The van der Waals surface area contributed by atoms with Crippen LogP contribution in [-0.2, 0) is 0 Å². The molecule has 10 heavy (non-hydrogen) atoms. The molecule has 0 aliphatic heterocycles. The second kappa shape index (κ2) is 3.05. The first-order valence-electron chi connectivity index (χ1n) is 3.79. The molecule has 1 unspecified atom stereocenters. The SMILES string of the molecule is CC(C)C(C#N)C(C)(C)C. The Morgan fingerprint density at radius 3 is 1.60 bits per heavy atom. The van der Waals surface area contributed by atoms with E-state index in [4.69, 9.17) is 5.26 Å². The third-order valence-electron chi connectivity index (χ3n) is 1.74. The highest BCUT2D eigenvalue weighted by Crippen LogP contribution is 2.30. The maximum absolute atomic E-state index is 8.78. The Morgan fingerprint density at radius 2 is 1.60 bits per heavy atom. The van der Waals surface area contributed by atoms with E-state index in [1.807, 2.05) is 0 Å². The van der Waals surface area contributed by atoms with Crippen LogP contribution in [0.3, 0.4) is 0 Å². The second-order valence-electron chi connectivity index (χ2n) is 4.22. The summed E-state index contributed by atoms with van der Waals surface area (Å²) in [6.07, 6.45) is 0. The van der Waals surface area contributed by atoms with Crippen LogP contribution in [0.4, 0.5) is 0 Å². The van der Waals surface area contributed by atoms with E-state index >= 15 is 0 Å². The molecule has 0 aliphatic rings. The number of hydrogen-bond donors (Lipinski definition) is 0. The lowest BCUT2D eigenvalue weighted by Crippen LogP contribution is -2.23. The van der Waals surface area contributed by atoms with Crippen molar-refractivity contribution in [2.24, 2.45) is 17.3 Å². The van der Waals surface area contributed by atoms with Crippen molar-refractivity contribution in [2.45, 2.75) is 34.6 Å². The van der Waals surface area contributed by atoms with Gasteiger partial charge in [0.2, 0.25) is 0 Å². The number of hydrogen-bond acceptors (Lipinski definition) is 1. The van der Waals surface area contributed by atoms with E-state index in [9.17, 15) is 0 Å². The van der Waals surface area contributed by atoms with Gasteiger partial charge in [0.15, 0.2) is 0 Å². The molecule has 0 saturated carbocycles. The molecule has 0 N–H and O–H groups in total. The average molecular weight is 139 g/mol. The van der Waals surface area contributed by atoms with Crippen LogP contribution >= 0.6 is 0 Å². The Hall–Kier alpha value is -0.510. The summed E-state index contributed by atoms with van der Waals surface area (Å²) >= 11 is 0. The van der Waals surface area contributed by atoms with E-state index < -0.39 is 0 Å². The van der Waals surface area contributed by atoms with Gasteiger partial charge in [-0.1, -0.05) is 34.6 Å². The first-order chi connectivity index (χ1) is 4.39. The smallest absolute Gasteiger partial charge is 0.0664 e. The van der Waals surface area contributed by atoms with Crippen molar-refractivity contribution in [3.05, 3.63) is 0 Å². The molecular weight excluding hydrogens is 122 g/mol. The number of rotatable bonds is 1.